The van der Waals surface area contributed by atoms with Gasteiger partial charge in [-0.3, -0.25) is 4.79 Å². The van der Waals surface area contributed by atoms with E-state index >= 15 is 0 Å². The Labute approximate surface area is 185 Å². The molecule has 0 saturated carbocycles. The van der Waals surface area contributed by atoms with Crippen LogP contribution in [0.3, 0.4) is 0 Å². The van der Waals surface area contributed by atoms with Crippen LogP contribution in [-0.4, -0.2) is 30.9 Å². The lowest BCUT2D eigenvalue weighted by molar-refractivity contribution is 0.372. The van der Waals surface area contributed by atoms with Gasteiger partial charge in [0.25, 0.3) is 5.56 Å². The highest BCUT2D eigenvalue weighted by atomic mass is 16.4. The summed E-state index contributed by atoms with van der Waals surface area (Å²) in [5.41, 5.74) is 3.60. The number of oxazole rings is 1. The molecule has 4 aromatic rings. The fourth-order valence-corrected chi connectivity index (χ4v) is 4.00. The van der Waals surface area contributed by atoms with Crippen LogP contribution in [0.5, 0.6) is 0 Å². The standard InChI is InChI=1S/C23H27N7O2/c1-5-29-20(31)17-12-26-22(27-16-7-6-14-8-9-24-11-15(14)10-16)28-19(17)30(29)18-13-25-21(32-18)23(2,3)4/h6-7,10,12-13,24H,5,8-9,11H2,1-4H3,(H,26,27,28). The van der Waals surface area contributed by atoms with Crippen molar-refractivity contribution < 1.29 is 4.42 Å². The van der Waals surface area contributed by atoms with E-state index in [9.17, 15) is 4.79 Å². The molecule has 1 aliphatic heterocycles. The number of hydrogen-bond acceptors (Lipinski definition) is 7. The Hall–Kier alpha value is -3.46. The molecule has 0 amide bonds. The molecule has 0 saturated heterocycles. The van der Waals surface area contributed by atoms with Gasteiger partial charge >= 0.3 is 0 Å². The summed E-state index contributed by atoms with van der Waals surface area (Å²) in [6.45, 7) is 10.3. The molecular formula is C23H27N7O2. The van der Waals surface area contributed by atoms with Crippen LogP contribution >= 0.6 is 0 Å². The Balaban J connectivity index is 1.58. The van der Waals surface area contributed by atoms with Crippen molar-refractivity contribution in [1.29, 1.82) is 0 Å². The van der Waals surface area contributed by atoms with Crippen molar-refractivity contribution in [2.45, 2.75) is 52.6 Å². The lowest BCUT2D eigenvalue weighted by Crippen LogP contribution is -2.23. The first kappa shape index (κ1) is 20.4. The average molecular weight is 434 g/mol. The van der Waals surface area contributed by atoms with Gasteiger partial charge in [-0.1, -0.05) is 26.8 Å². The topological polar surface area (TPSA) is 103 Å². The van der Waals surface area contributed by atoms with Crippen molar-refractivity contribution >= 4 is 22.7 Å². The van der Waals surface area contributed by atoms with Crippen LogP contribution in [-0.2, 0) is 24.9 Å². The number of fused-ring (bicyclic) bond motifs is 2. The largest absolute Gasteiger partial charge is 0.422 e. The van der Waals surface area contributed by atoms with Crippen LogP contribution in [0.4, 0.5) is 11.6 Å². The average Bonchev–Trinajstić information content (AvgIpc) is 3.36. The van der Waals surface area contributed by atoms with E-state index < -0.39 is 0 Å². The summed E-state index contributed by atoms with van der Waals surface area (Å²) < 4.78 is 9.29. The van der Waals surface area contributed by atoms with Crippen LogP contribution in [0.1, 0.15) is 44.7 Å². The first-order valence-corrected chi connectivity index (χ1v) is 10.9. The molecule has 1 aliphatic rings. The molecule has 9 nitrogen and oxygen atoms in total. The van der Waals surface area contributed by atoms with Crippen LogP contribution in [0.25, 0.3) is 16.9 Å². The van der Waals surface area contributed by atoms with E-state index in [2.05, 4.69) is 37.7 Å². The van der Waals surface area contributed by atoms with Gasteiger partial charge in [0.05, 0.1) is 6.20 Å². The molecule has 166 valence electrons. The molecule has 0 bridgehead atoms. The third-order valence-corrected chi connectivity index (χ3v) is 5.67. The fraction of sp³-hybridized carbons (Fsp3) is 0.391. The number of aromatic nitrogens is 5. The molecule has 5 rings (SSSR count). The minimum Gasteiger partial charge on any atom is -0.422 e. The van der Waals surface area contributed by atoms with E-state index in [4.69, 9.17) is 4.42 Å². The molecule has 4 heterocycles. The maximum absolute atomic E-state index is 13.0. The number of hydrogen-bond donors (Lipinski definition) is 2. The minimum atomic E-state index is -0.248. The molecule has 0 spiro atoms. The normalized spacial score (nSPS) is 14.0. The minimum absolute atomic E-state index is 0.164. The van der Waals surface area contributed by atoms with Crippen molar-refractivity contribution in [3.63, 3.8) is 0 Å². The van der Waals surface area contributed by atoms with E-state index in [0.29, 0.717) is 35.3 Å². The van der Waals surface area contributed by atoms with E-state index in [-0.39, 0.29) is 11.0 Å². The molecule has 0 fully saturated rings. The van der Waals surface area contributed by atoms with Gasteiger partial charge in [-0.15, -0.1) is 0 Å². The third kappa shape index (κ3) is 3.48. The molecular weight excluding hydrogens is 406 g/mol. The molecule has 0 unspecified atom stereocenters. The Morgan fingerprint density at radius 1 is 1.19 bits per heavy atom. The molecule has 1 aromatic carbocycles. The summed E-state index contributed by atoms with van der Waals surface area (Å²) in [6, 6.07) is 6.29. The summed E-state index contributed by atoms with van der Waals surface area (Å²) in [5.74, 6) is 1.46. The van der Waals surface area contributed by atoms with Crippen LogP contribution in [0, 0.1) is 0 Å². The van der Waals surface area contributed by atoms with E-state index in [1.54, 1.807) is 21.8 Å². The third-order valence-electron chi connectivity index (χ3n) is 5.67. The van der Waals surface area contributed by atoms with Crippen molar-refractivity contribution in [3.8, 4) is 5.88 Å². The zero-order chi connectivity index (χ0) is 22.5. The lowest BCUT2D eigenvalue weighted by atomic mass is 9.97. The molecule has 32 heavy (non-hydrogen) atoms. The summed E-state index contributed by atoms with van der Waals surface area (Å²) in [4.78, 5) is 26.4. The van der Waals surface area contributed by atoms with Gasteiger partial charge in [0.2, 0.25) is 17.7 Å². The SMILES string of the molecule is CCn1c(=O)c2cnc(Nc3ccc4c(c3)CNCC4)nc2n1-c1cnc(C(C)(C)C)o1. The second kappa shape index (κ2) is 7.59. The summed E-state index contributed by atoms with van der Waals surface area (Å²) in [5, 5.41) is 7.10. The van der Waals surface area contributed by atoms with Gasteiger partial charge < -0.3 is 15.1 Å². The van der Waals surface area contributed by atoms with Crippen LogP contribution < -0.4 is 16.2 Å². The fourth-order valence-electron chi connectivity index (χ4n) is 4.00. The molecule has 3 aromatic heterocycles. The van der Waals surface area contributed by atoms with Crippen molar-refractivity contribution in [2.75, 3.05) is 11.9 Å². The lowest BCUT2D eigenvalue weighted by Gasteiger charge is -2.18. The second-order valence-corrected chi connectivity index (χ2v) is 9.05. The molecule has 0 radical (unpaired) electrons. The van der Waals surface area contributed by atoms with Crippen molar-refractivity contribution in [3.05, 3.63) is 58.0 Å². The number of benzene rings is 1. The van der Waals surface area contributed by atoms with Gasteiger partial charge in [0.15, 0.2) is 5.65 Å². The molecule has 0 atom stereocenters. The summed E-state index contributed by atoms with van der Waals surface area (Å²) in [7, 11) is 0. The molecule has 0 aliphatic carbocycles. The maximum Gasteiger partial charge on any atom is 0.278 e. The Morgan fingerprint density at radius 3 is 2.78 bits per heavy atom. The zero-order valence-corrected chi connectivity index (χ0v) is 18.8. The van der Waals surface area contributed by atoms with Gasteiger partial charge in [-0.25, -0.2) is 14.6 Å². The van der Waals surface area contributed by atoms with Gasteiger partial charge in [-0.2, -0.15) is 9.67 Å². The zero-order valence-electron chi connectivity index (χ0n) is 18.8. The predicted octanol–water partition coefficient (Wildman–Crippen LogP) is 3.28. The highest BCUT2D eigenvalue weighted by molar-refractivity contribution is 5.76. The monoisotopic (exact) mass is 433 g/mol. The molecule has 9 heteroatoms. The highest BCUT2D eigenvalue weighted by Gasteiger charge is 2.24. The van der Waals surface area contributed by atoms with E-state index in [1.165, 1.54) is 11.1 Å². The van der Waals surface area contributed by atoms with Crippen molar-refractivity contribution in [1.82, 2.24) is 29.6 Å². The van der Waals surface area contributed by atoms with Gasteiger partial charge in [0, 0.05) is 30.4 Å². The van der Waals surface area contributed by atoms with Crippen molar-refractivity contribution in [2.24, 2.45) is 0 Å². The number of nitrogens with zero attached hydrogens (tertiary/aromatic N) is 5. The van der Waals surface area contributed by atoms with Gasteiger partial charge in [0.1, 0.15) is 5.39 Å². The van der Waals surface area contributed by atoms with Gasteiger partial charge in [-0.05, 0) is 43.1 Å². The summed E-state index contributed by atoms with van der Waals surface area (Å²) >= 11 is 0. The van der Waals surface area contributed by atoms with Crippen LogP contribution in [0.2, 0.25) is 0 Å². The maximum atomic E-state index is 13.0. The summed E-state index contributed by atoms with van der Waals surface area (Å²) in [6.07, 6.45) is 4.23. The number of anilines is 2. The first-order valence-electron chi connectivity index (χ1n) is 10.9. The Bertz CT molecular complexity index is 1360. The first-order chi connectivity index (χ1) is 15.3. The number of rotatable bonds is 4. The quantitative estimate of drug-likeness (QED) is 0.509. The Kier molecular flexibility index (Phi) is 4.85. The Morgan fingerprint density at radius 2 is 2.03 bits per heavy atom. The predicted molar refractivity (Wildman–Crippen MR) is 123 cm³/mol. The van der Waals surface area contributed by atoms with Crippen LogP contribution in [0.15, 0.2) is 39.8 Å². The second-order valence-electron chi connectivity index (χ2n) is 9.05. The number of nitrogens with one attached hydrogen (secondary N) is 2. The highest BCUT2D eigenvalue weighted by Crippen LogP contribution is 2.26. The van der Waals surface area contributed by atoms with E-state index in [0.717, 1.165) is 25.2 Å². The van der Waals surface area contributed by atoms with E-state index in [1.807, 2.05) is 33.8 Å². The molecule has 2 N–H and O–H groups in total. The smallest absolute Gasteiger partial charge is 0.278 e.